The standard InChI is InChI=1S/C36H42Cl2N8O5S2/c37-24-13-8-21(19-25(24)38)20-51-23-11-9-22(10-12-23)31(32(40)47)46-34(49)26(5-1-2-16-39)44-33(48)27(6-3-17-43-36(41)42)45-35(50)30-15-14-29(53-30)28-7-4-18-52-28/h4,7-15,18-19,26-27,31H,1-3,5-6,16-17,20,39H2,(H2,40,47)(H,44,48)(H,45,50)(H,46,49)(H4,41,42,43)/t26-,27-,31+/m0/s1. The molecule has 0 aliphatic heterocycles. The van der Waals surface area contributed by atoms with Crippen molar-refractivity contribution in [2.24, 2.45) is 27.9 Å². The number of hydrogen-bond acceptors (Lipinski definition) is 9. The number of halogens is 2. The fraction of sp³-hybridized carbons (Fsp3) is 0.306. The van der Waals surface area contributed by atoms with Gasteiger partial charge in [-0.3, -0.25) is 24.2 Å². The van der Waals surface area contributed by atoms with Crippen molar-refractivity contribution in [3.63, 3.8) is 0 Å². The Kier molecular flexibility index (Phi) is 15.9. The smallest absolute Gasteiger partial charge is 0.262 e. The van der Waals surface area contributed by atoms with E-state index >= 15 is 0 Å². The molecule has 0 saturated heterocycles. The monoisotopic (exact) mass is 800 g/mol. The minimum absolute atomic E-state index is 0.0964. The van der Waals surface area contributed by atoms with Gasteiger partial charge >= 0.3 is 0 Å². The number of ether oxygens (including phenoxy) is 1. The number of nitrogens with two attached hydrogens (primary N) is 4. The van der Waals surface area contributed by atoms with Crippen molar-refractivity contribution in [3.05, 3.63) is 98.2 Å². The summed E-state index contributed by atoms with van der Waals surface area (Å²) in [5.41, 5.74) is 23.6. The second kappa shape index (κ2) is 20.5. The Bertz CT molecular complexity index is 1870. The van der Waals surface area contributed by atoms with Gasteiger partial charge in [-0.2, -0.15) is 0 Å². The Hall–Kier alpha value is -4.67. The molecule has 0 unspecified atom stereocenters. The molecular formula is C36H42Cl2N8O5S2. The zero-order chi connectivity index (χ0) is 38.3. The normalized spacial score (nSPS) is 12.6. The molecule has 11 N–H and O–H groups in total. The highest BCUT2D eigenvalue weighted by Gasteiger charge is 2.30. The molecule has 282 valence electrons. The summed E-state index contributed by atoms with van der Waals surface area (Å²) in [6, 6.07) is 15.8. The number of benzene rings is 2. The van der Waals surface area contributed by atoms with E-state index in [2.05, 4.69) is 20.9 Å². The summed E-state index contributed by atoms with van der Waals surface area (Å²) in [7, 11) is 0. The number of carbonyl (C=O) groups excluding carboxylic acids is 4. The summed E-state index contributed by atoms with van der Waals surface area (Å²) >= 11 is 14.9. The van der Waals surface area contributed by atoms with Gasteiger partial charge in [0.25, 0.3) is 5.91 Å². The van der Waals surface area contributed by atoms with E-state index in [4.69, 9.17) is 50.9 Å². The molecule has 0 radical (unpaired) electrons. The SMILES string of the molecule is NCCCC[C@H](NC(=O)[C@H](CCCN=C(N)N)NC(=O)c1ccc(-c2cccs2)s1)C(=O)N[C@@H](C(N)=O)c1ccc(OCc2ccc(Cl)c(Cl)c2)cc1. The Morgan fingerprint density at radius 1 is 0.792 bits per heavy atom. The van der Waals surface area contributed by atoms with Crippen LogP contribution in [0.1, 0.15) is 58.9 Å². The van der Waals surface area contributed by atoms with Crippen LogP contribution in [-0.2, 0) is 21.0 Å². The zero-order valence-electron chi connectivity index (χ0n) is 28.7. The first-order valence-electron chi connectivity index (χ1n) is 16.7. The van der Waals surface area contributed by atoms with E-state index in [0.717, 1.165) is 15.3 Å². The van der Waals surface area contributed by atoms with E-state index in [1.54, 1.807) is 59.9 Å². The van der Waals surface area contributed by atoms with Crippen LogP contribution in [0.2, 0.25) is 10.0 Å². The highest BCUT2D eigenvalue weighted by Crippen LogP contribution is 2.31. The maximum Gasteiger partial charge on any atom is 0.262 e. The lowest BCUT2D eigenvalue weighted by atomic mass is 10.0. The van der Waals surface area contributed by atoms with Crippen LogP contribution in [0.25, 0.3) is 9.75 Å². The molecule has 2 aromatic carbocycles. The van der Waals surface area contributed by atoms with Gasteiger partial charge in [0.15, 0.2) is 5.96 Å². The van der Waals surface area contributed by atoms with E-state index < -0.39 is 41.8 Å². The molecule has 0 saturated carbocycles. The molecule has 3 atom stereocenters. The molecule has 4 aromatic rings. The van der Waals surface area contributed by atoms with Crippen molar-refractivity contribution in [3.8, 4) is 15.5 Å². The van der Waals surface area contributed by atoms with Gasteiger partial charge in [-0.25, -0.2) is 0 Å². The average molecular weight is 802 g/mol. The minimum Gasteiger partial charge on any atom is -0.489 e. The number of carbonyl (C=O) groups is 4. The topological polar surface area (TPSA) is 230 Å². The van der Waals surface area contributed by atoms with Gasteiger partial charge in [0, 0.05) is 16.3 Å². The molecule has 4 amide bonds. The third-order valence-corrected chi connectivity index (χ3v) is 10.8. The van der Waals surface area contributed by atoms with E-state index in [-0.39, 0.29) is 32.0 Å². The van der Waals surface area contributed by atoms with Crippen LogP contribution in [-0.4, -0.2) is 54.8 Å². The van der Waals surface area contributed by atoms with Crippen LogP contribution in [0.3, 0.4) is 0 Å². The number of thiophene rings is 2. The lowest BCUT2D eigenvalue weighted by Gasteiger charge is -2.25. The summed E-state index contributed by atoms with van der Waals surface area (Å²) in [4.78, 5) is 59.8. The number of nitrogens with zero attached hydrogens (tertiary/aromatic N) is 1. The predicted octanol–water partition coefficient (Wildman–Crippen LogP) is 4.47. The first-order valence-corrected chi connectivity index (χ1v) is 19.2. The molecule has 0 aliphatic rings. The second-order valence-electron chi connectivity index (χ2n) is 11.9. The molecule has 0 fully saturated rings. The molecule has 0 bridgehead atoms. The average Bonchev–Trinajstić information content (AvgIpc) is 3.85. The molecule has 0 aliphatic carbocycles. The van der Waals surface area contributed by atoms with E-state index in [9.17, 15) is 19.2 Å². The van der Waals surface area contributed by atoms with Gasteiger partial charge in [-0.05, 0) is 97.6 Å². The summed E-state index contributed by atoms with van der Waals surface area (Å²) in [6.07, 6.45) is 1.85. The van der Waals surface area contributed by atoms with E-state index in [0.29, 0.717) is 52.0 Å². The lowest BCUT2D eigenvalue weighted by molar-refractivity contribution is -0.132. The summed E-state index contributed by atoms with van der Waals surface area (Å²) in [5, 5.41) is 11.1. The molecule has 53 heavy (non-hydrogen) atoms. The number of unbranched alkanes of at least 4 members (excludes halogenated alkanes) is 1. The van der Waals surface area contributed by atoms with Crippen molar-refractivity contribution in [2.75, 3.05) is 13.1 Å². The predicted molar refractivity (Wildman–Crippen MR) is 211 cm³/mol. The Morgan fingerprint density at radius 3 is 2.17 bits per heavy atom. The third kappa shape index (κ3) is 12.8. The largest absolute Gasteiger partial charge is 0.489 e. The Balaban J connectivity index is 1.46. The van der Waals surface area contributed by atoms with Gasteiger partial charge in [-0.15, -0.1) is 22.7 Å². The van der Waals surface area contributed by atoms with Crippen molar-refractivity contribution < 1.29 is 23.9 Å². The highest BCUT2D eigenvalue weighted by atomic mass is 35.5. The summed E-state index contributed by atoms with van der Waals surface area (Å²) in [6.45, 7) is 0.822. The van der Waals surface area contributed by atoms with Gasteiger partial charge in [0.1, 0.15) is 30.5 Å². The van der Waals surface area contributed by atoms with Crippen LogP contribution in [0.5, 0.6) is 5.75 Å². The van der Waals surface area contributed by atoms with Crippen LogP contribution >= 0.6 is 45.9 Å². The van der Waals surface area contributed by atoms with E-state index in [1.807, 2.05) is 23.6 Å². The first-order chi connectivity index (χ1) is 25.4. The molecule has 17 heteroatoms. The van der Waals surface area contributed by atoms with Gasteiger partial charge in [0.2, 0.25) is 17.7 Å². The number of amides is 4. The van der Waals surface area contributed by atoms with Gasteiger partial charge in [0.05, 0.1) is 14.9 Å². The zero-order valence-corrected chi connectivity index (χ0v) is 31.8. The molecule has 2 heterocycles. The fourth-order valence-electron chi connectivity index (χ4n) is 5.16. The van der Waals surface area contributed by atoms with Crippen molar-refractivity contribution in [1.82, 2.24) is 16.0 Å². The quantitative estimate of drug-likeness (QED) is 0.0382. The van der Waals surface area contributed by atoms with Crippen molar-refractivity contribution in [1.29, 1.82) is 0 Å². The van der Waals surface area contributed by atoms with E-state index in [1.165, 1.54) is 11.3 Å². The number of nitrogens with one attached hydrogen (secondary N) is 3. The number of hydrogen-bond donors (Lipinski definition) is 7. The first kappa shape index (κ1) is 41.1. The third-order valence-electron chi connectivity index (χ3n) is 7.91. The van der Waals surface area contributed by atoms with Crippen LogP contribution in [0.15, 0.2) is 77.1 Å². The summed E-state index contributed by atoms with van der Waals surface area (Å²) < 4.78 is 5.83. The number of aliphatic imine (C=N–C) groups is 1. The Morgan fingerprint density at radius 2 is 1.51 bits per heavy atom. The summed E-state index contributed by atoms with van der Waals surface area (Å²) in [5.74, 6) is -2.08. The second-order valence-corrected chi connectivity index (χ2v) is 14.8. The molecule has 0 spiro atoms. The van der Waals surface area contributed by atoms with Crippen molar-refractivity contribution in [2.45, 2.75) is 56.8 Å². The number of primary amides is 1. The molecular weight excluding hydrogens is 759 g/mol. The maximum absolute atomic E-state index is 13.8. The van der Waals surface area contributed by atoms with Crippen LogP contribution in [0.4, 0.5) is 0 Å². The lowest BCUT2D eigenvalue weighted by Crippen LogP contribution is -2.54. The van der Waals surface area contributed by atoms with Gasteiger partial charge < -0.3 is 43.6 Å². The van der Waals surface area contributed by atoms with Crippen LogP contribution < -0.4 is 43.6 Å². The van der Waals surface area contributed by atoms with Gasteiger partial charge in [-0.1, -0.05) is 47.5 Å². The maximum atomic E-state index is 13.8. The van der Waals surface area contributed by atoms with Crippen LogP contribution in [0, 0.1) is 0 Å². The minimum atomic E-state index is -1.22. The highest BCUT2D eigenvalue weighted by molar-refractivity contribution is 7.22. The fourth-order valence-corrected chi connectivity index (χ4v) is 7.23. The molecule has 4 rings (SSSR count). The molecule has 2 aromatic heterocycles. The number of rotatable bonds is 20. The molecule has 13 nitrogen and oxygen atoms in total. The Labute approximate surface area is 325 Å². The van der Waals surface area contributed by atoms with Crippen molar-refractivity contribution >= 4 is 75.5 Å². The number of guanidine groups is 1.